The van der Waals surface area contributed by atoms with Gasteiger partial charge in [-0.1, -0.05) is 0 Å². The molecule has 0 aliphatic heterocycles. The van der Waals surface area contributed by atoms with E-state index in [2.05, 4.69) is 5.32 Å². The highest BCUT2D eigenvalue weighted by Gasteiger charge is 2.21. The quantitative estimate of drug-likeness (QED) is 0.846. The molecule has 1 fully saturated rings. The van der Waals surface area contributed by atoms with Gasteiger partial charge < -0.3 is 10.4 Å². The van der Waals surface area contributed by atoms with Gasteiger partial charge in [-0.15, -0.1) is 0 Å². The molecule has 1 aromatic rings. The van der Waals surface area contributed by atoms with Gasteiger partial charge in [-0.25, -0.2) is 4.39 Å². The van der Waals surface area contributed by atoms with E-state index in [-0.39, 0.29) is 23.9 Å². The monoisotopic (exact) mass is 251 g/mol. The summed E-state index contributed by atoms with van der Waals surface area (Å²) in [4.78, 5) is 12.0. The van der Waals surface area contributed by atoms with Crippen molar-refractivity contribution in [2.75, 3.05) is 0 Å². The van der Waals surface area contributed by atoms with Crippen LogP contribution in [0.4, 0.5) is 4.39 Å². The molecule has 1 aromatic carbocycles. The minimum absolute atomic E-state index is 0.116. The minimum Gasteiger partial charge on any atom is -0.393 e. The molecule has 0 bridgehead atoms. The molecule has 0 radical (unpaired) electrons. The average molecular weight is 251 g/mol. The summed E-state index contributed by atoms with van der Waals surface area (Å²) in [6.07, 6.45) is 2.83. The summed E-state index contributed by atoms with van der Waals surface area (Å²) < 4.78 is 13.0. The van der Waals surface area contributed by atoms with E-state index in [1.165, 1.54) is 18.2 Å². The number of nitrogens with one attached hydrogen (secondary N) is 1. The van der Waals surface area contributed by atoms with Crippen LogP contribution in [0.15, 0.2) is 18.2 Å². The van der Waals surface area contributed by atoms with Crippen LogP contribution in [0.3, 0.4) is 0 Å². The van der Waals surface area contributed by atoms with Gasteiger partial charge in [-0.05, 0) is 56.4 Å². The third-order valence-corrected chi connectivity index (χ3v) is 3.47. The number of amides is 1. The molecule has 98 valence electrons. The molecule has 0 spiro atoms. The summed E-state index contributed by atoms with van der Waals surface area (Å²) in [6.45, 7) is 1.72. The molecular weight excluding hydrogens is 233 g/mol. The van der Waals surface area contributed by atoms with Crippen LogP contribution < -0.4 is 5.32 Å². The second-order valence-electron chi connectivity index (χ2n) is 4.94. The molecule has 18 heavy (non-hydrogen) atoms. The maximum Gasteiger partial charge on any atom is 0.251 e. The van der Waals surface area contributed by atoms with Crippen molar-refractivity contribution in [1.29, 1.82) is 0 Å². The molecule has 1 aliphatic carbocycles. The van der Waals surface area contributed by atoms with E-state index >= 15 is 0 Å². The maximum absolute atomic E-state index is 13.0. The van der Waals surface area contributed by atoms with Gasteiger partial charge >= 0.3 is 0 Å². The van der Waals surface area contributed by atoms with E-state index in [1.54, 1.807) is 6.92 Å². The van der Waals surface area contributed by atoms with Gasteiger partial charge in [0.05, 0.1) is 6.10 Å². The zero-order valence-electron chi connectivity index (χ0n) is 10.4. The number of aliphatic hydroxyl groups is 1. The smallest absolute Gasteiger partial charge is 0.251 e. The van der Waals surface area contributed by atoms with Gasteiger partial charge in [0.1, 0.15) is 5.82 Å². The van der Waals surface area contributed by atoms with Crippen LogP contribution in [0.2, 0.25) is 0 Å². The molecule has 4 heteroatoms. The Morgan fingerprint density at radius 3 is 2.61 bits per heavy atom. The minimum atomic E-state index is -0.329. The topological polar surface area (TPSA) is 49.3 Å². The second-order valence-corrected chi connectivity index (χ2v) is 4.94. The Morgan fingerprint density at radius 2 is 2.00 bits per heavy atom. The first-order chi connectivity index (χ1) is 8.56. The highest BCUT2D eigenvalue weighted by atomic mass is 19.1. The fraction of sp³-hybridized carbons (Fsp3) is 0.500. The van der Waals surface area contributed by atoms with Crippen LogP contribution in [0.25, 0.3) is 0 Å². The SMILES string of the molecule is Cc1cc(F)ccc1C(=O)NC1CCC(O)CC1. The number of halogens is 1. The zero-order chi connectivity index (χ0) is 13.1. The van der Waals surface area contributed by atoms with E-state index in [1.807, 2.05) is 0 Å². The summed E-state index contributed by atoms with van der Waals surface area (Å²) in [5.41, 5.74) is 1.16. The van der Waals surface area contributed by atoms with Crippen molar-refractivity contribution in [1.82, 2.24) is 5.32 Å². The summed E-state index contributed by atoms with van der Waals surface area (Å²) >= 11 is 0. The van der Waals surface area contributed by atoms with Crippen molar-refractivity contribution in [3.8, 4) is 0 Å². The number of hydrogen-bond acceptors (Lipinski definition) is 2. The van der Waals surface area contributed by atoms with Crippen LogP contribution in [-0.2, 0) is 0 Å². The Hall–Kier alpha value is -1.42. The largest absolute Gasteiger partial charge is 0.393 e. The third kappa shape index (κ3) is 3.07. The van der Waals surface area contributed by atoms with Gasteiger partial charge in [-0.2, -0.15) is 0 Å². The van der Waals surface area contributed by atoms with Gasteiger partial charge in [0.25, 0.3) is 5.91 Å². The lowest BCUT2D eigenvalue weighted by molar-refractivity contribution is 0.0867. The summed E-state index contributed by atoms with van der Waals surface area (Å²) in [6, 6.07) is 4.29. The van der Waals surface area contributed by atoms with Crippen molar-refractivity contribution < 1.29 is 14.3 Å². The van der Waals surface area contributed by atoms with E-state index in [0.29, 0.717) is 11.1 Å². The molecule has 0 atom stereocenters. The number of benzene rings is 1. The lowest BCUT2D eigenvalue weighted by Gasteiger charge is -2.26. The predicted octanol–water partition coefficient (Wildman–Crippen LogP) is 2.17. The molecule has 0 unspecified atom stereocenters. The highest BCUT2D eigenvalue weighted by molar-refractivity contribution is 5.95. The first-order valence-electron chi connectivity index (χ1n) is 6.31. The second kappa shape index (κ2) is 5.48. The summed E-state index contributed by atoms with van der Waals surface area (Å²) in [7, 11) is 0. The van der Waals surface area contributed by atoms with Crippen molar-refractivity contribution >= 4 is 5.91 Å². The average Bonchev–Trinajstić information content (AvgIpc) is 2.32. The molecule has 0 heterocycles. The van der Waals surface area contributed by atoms with E-state index in [0.717, 1.165) is 25.7 Å². The van der Waals surface area contributed by atoms with Crippen molar-refractivity contribution in [3.05, 3.63) is 35.1 Å². The Labute approximate surface area is 106 Å². The number of aryl methyl sites for hydroxylation is 1. The Balaban J connectivity index is 1.99. The fourth-order valence-electron chi connectivity index (χ4n) is 2.37. The van der Waals surface area contributed by atoms with Gasteiger partial charge in [0.15, 0.2) is 0 Å². The van der Waals surface area contributed by atoms with Crippen LogP contribution in [0.1, 0.15) is 41.6 Å². The van der Waals surface area contributed by atoms with Gasteiger partial charge in [0.2, 0.25) is 0 Å². The Morgan fingerprint density at radius 1 is 1.33 bits per heavy atom. The standard InChI is InChI=1S/C14H18FNO2/c1-9-8-10(15)2-7-13(9)14(18)16-11-3-5-12(17)6-4-11/h2,7-8,11-12,17H,3-6H2,1H3,(H,16,18). The van der Waals surface area contributed by atoms with Gasteiger partial charge in [0, 0.05) is 11.6 Å². The number of hydrogen-bond donors (Lipinski definition) is 2. The zero-order valence-corrected chi connectivity index (χ0v) is 10.4. The summed E-state index contributed by atoms with van der Waals surface area (Å²) in [5.74, 6) is -0.487. The normalized spacial score (nSPS) is 23.7. The van der Waals surface area contributed by atoms with E-state index in [4.69, 9.17) is 0 Å². The van der Waals surface area contributed by atoms with Crippen LogP contribution in [0.5, 0.6) is 0 Å². The van der Waals surface area contributed by atoms with Crippen molar-refractivity contribution in [2.24, 2.45) is 0 Å². The molecular formula is C14H18FNO2. The number of rotatable bonds is 2. The Bertz CT molecular complexity index is 439. The van der Waals surface area contributed by atoms with Crippen LogP contribution in [0, 0.1) is 12.7 Å². The molecule has 1 saturated carbocycles. The molecule has 0 saturated heterocycles. The number of aliphatic hydroxyl groups excluding tert-OH is 1. The Kier molecular flexibility index (Phi) is 3.97. The molecule has 3 nitrogen and oxygen atoms in total. The molecule has 0 aromatic heterocycles. The van der Waals surface area contributed by atoms with Crippen LogP contribution in [-0.4, -0.2) is 23.2 Å². The molecule has 2 rings (SSSR count). The summed E-state index contributed by atoms with van der Waals surface area (Å²) in [5, 5.41) is 12.3. The van der Waals surface area contributed by atoms with Crippen molar-refractivity contribution in [3.63, 3.8) is 0 Å². The number of carbonyl (C=O) groups excluding carboxylic acids is 1. The maximum atomic E-state index is 13.0. The molecule has 1 amide bonds. The fourth-order valence-corrected chi connectivity index (χ4v) is 2.37. The third-order valence-electron chi connectivity index (χ3n) is 3.47. The molecule has 2 N–H and O–H groups in total. The molecule has 1 aliphatic rings. The van der Waals surface area contributed by atoms with Gasteiger partial charge in [-0.3, -0.25) is 4.79 Å². The number of carbonyl (C=O) groups is 1. The van der Waals surface area contributed by atoms with E-state index in [9.17, 15) is 14.3 Å². The lowest BCUT2D eigenvalue weighted by atomic mass is 9.93. The van der Waals surface area contributed by atoms with E-state index < -0.39 is 0 Å². The first kappa shape index (κ1) is 13.0. The van der Waals surface area contributed by atoms with Crippen LogP contribution >= 0.6 is 0 Å². The highest BCUT2D eigenvalue weighted by Crippen LogP contribution is 2.19. The first-order valence-corrected chi connectivity index (χ1v) is 6.31. The predicted molar refractivity (Wildman–Crippen MR) is 66.9 cm³/mol. The van der Waals surface area contributed by atoms with Crippen molar-refractivity contribution in [2.45, 2.75) is 44.8 Å². The lowest BCUT2D eigenvalue weighted by Crippen LogP contribution is -2.38.